The zero-order valence-electron chi connectivity index (χ0n) is 17.8. The normalized spacial score (nSPS) is 11.8. The summed E-state index contributed by atoms with van der Waals surface area (Å²) in [4.78, 5) is 29.8. The van der Waals surface area contributed by atoms with Gasteiger partial charge >= 0.3 is 0 Å². The van der Waals surface area contributed by atoms with Crippen LogP contribution in [0, 0.1) is 5.82 Å². The molecule has 1 N–H and O–H groups in total. The molecule has 0 aliphatic rings. The van der Waals surface area contributed by atoms with Crippen molar-refractivity contribution in [1.82, 2.24) is 19.2 Å². The number of anilines is 1. The number of carbonyl (C=O) groups excluding carboxylic acids is 1. The lowest BCUT2D eigenvalue weighted by molar-refractivity contribution is -0.113. The van der Waals surface area contributed by atoms with Gasteiger partial charge in [0.25, 0.3) is 5.56 Å². The Morgan fingerprint density at radius 3 is 2.69 bits per heavy atom. The molecule has 0 unspecified atom stereocenters. The molecule has 1 aromatic carbocycles. The average Bonchev–Trinajstić information content (AvgIpc) is 3.36. The van der Waals surface area contributed by atoms with Crippen molar-refractivity contribution in [3.8, 4) is 5.69 Å². The van der Waals surface area contributed by atoms with Crippen molar-refractivity contribution in [3.63, 3.8) is 0 Å². The molecule has 4 rings (SSSR count). The first-order chi connectivity index (χ1) is 15.2. The Balaban J connectivity index is 1.46. The van der Waals surface area contributed by atoms with Crippen molar-refractivity contribution >= 4 is 39.8 Å². The molecule has 3 heterocycles. The van der Waals surface area contributed by atoms with Gasteiger partial charge in [-0.05, 0) is 24.3 Å². The monoisotopic (exact) mass is 471 g/mol. The number of benzene rings is 1. The van der Waals surface area contributed by atoms with Crippen LogP contribution in [-0.4, -0.2) is 30.8 Å². The molecule has 0 atom stereocenters. The van der Waals surface area contributed by atoms with Gasteiger partial charge in [-0.25, -0.2) is 14.1 Å². The standard InChI is InChI=1S/C22H22FN5O2S2/c1-22(2,3)17-11-18(28(26-17)16-6-4-14(23)5-7-16)25-19(29)13-31-12-15-10-20(30)27-8-9-32-21(27)24-15/h4-11H,12-13H2,1-3H3,(H,25,29). The summed E-state index contributed by atoms with van der Waals surface area (Å²) in [6, 6.07) is 9.27. The summed E-state index contributed by atoms with van der Waals surface area (Å²) in [5, 5.41) is 9.33. The number of nitrogens with one attached hydrogen (secondary N) is 1. The smallest absolute Gasteiger partial charge is 0.258 e. The van der Waals surface area contributed by atoms with Crippen LogP contribution in [0.3, 0.4) is 0 Å². The summed E-state index contributed by atoms with van der Waals surface area (Å²) in [5.41, 5.74) is 1.74. The highest BCUT2D eigenvalue weighted by molar-refractivity contribution is 7.99. The third kappa shape index (κ3) is 4.91. The Hall–Kier alpha value is -2.98. The third-order valence-corrected chi connectivity index (χ3v) is 6.38. The van der Waals surface area contributed by atoms with E-state index >= 15 is 0 Å². The zero-order chi connectivity index (χ0) is 22.9. The van der Waals surface area contributed by atoms with E-state index in [9.17, 15) is 14.0 Å². The average molecular weight is 472 g/mol. The molecule has 0 aliphatic carbocycles. The van der Waals surface area contributed by atoms with Crippen LogP contribution in [0.15, 0.2) is 52.8 Å². The first-order valence-electron chi connectivity index (χ1n) is 9.90. The summed E-state index contributed by atoms with van der Waals surface area (Å²) in [7, 11) is 0. The molecule has 0 bridgehead atoms. The molecule has 0 fully saturated rings. The van der Waals surface area contributed by atoms with Crippen LogP contribution in [0.1, 0.15) is 32.2 Å². The number of thioether (sulfide) groups is 1. The fourth-order valence-corrected chi connectivity index (χ4v) is 4.46. The van der Waals surface area contributed by atoms with Gasteiger partial charge in [0, 0.05) is 34.9 Å². The van der Waals surface area contributed by atoms with E-state index in [0.29, 0.717) is 27.9 Å². The number of hydrogen-bond donors (Lipinski definition) is 1. The second-order valence-corrected chi connectivity index (χ2v) is 10.1. The lowest BCUT2D eigenvalue weighted by Crippen LogP contribution is -2.17. The zero-order valence-corrected chi connectivity index (χ0v) is 19.5. The Kier molecular flexibility index (Phi) is 6.16. The van der Waals surface area contributed by atoms with E-state index in [2.05, 4.69) is 15.4 Å². The van der Waals surface area contributed by atoms with Crippen molar-refractivity contribution in [1.29, 1.82) is 0 Å². The van der Waals surface area contributed by atoms with Gasteiger partial charge in [-0.1, -0.05) is 20.8 Å². The lowest BCUT2D eigenvalue weighted by Gasteiger charge is -2.14. The topological polar surface area (TPSA) is 81.3 Å². The maximum absolute atomic E-state index is 13.4. The molecule has 0 saturated carbocycles. The van der Waals surface area contributed by atoms with Crippen LogP contribution in [-0.2, 0) is 16.0 Å². The molecular formula is C22H22FN5O2S2. The van der Waals surface area contributed by atoms with Crippen LogP contribution in [0.5, 0.6) is 0 Å². The number of fused-ring (bicyclic) bond motifs is 1. The molecule has 1 amide bonds. The van der Waals surface area contributed by atoms with E-state index in [1.165, 1.54) is 45.7 Å². The van der Waals surface area contributed by atoms with Gasteiger partial charge in [0.1, 0.15) is 11.6 Å². The Morgan fingerprint density at radius 1 is 1.22 bits per heavy atom. The number of thiazole rings is 1. The molecule has 166 valence electrons. The van der Waals surface area contributed by atoms with Gasteiger partial charge < -0.3 is 5.32 Å². The molecule has 3 aromatic heterocycles. The largest absolute Gasteiger partial charge is 0.310 e. The van der Waals surface area contributed by atoms with Crippen molar-refractivity contribution in [2.45, 2.75) is 31.9 Å². The second-order valence-electron chi connectivity index (χ2n) is 8.24. The van der Waals surface area contributed by atoms with E-state index in [-0.39, 0.29) is 28.5 Å². The van der Waals surface area contributed by atoms with E-state index in [1.807, 2.05) is 32.2 Å². The second kappa shape index (κ2) is 8.87. The Morgan fingerprint density at radius 2 is 1.97 bits per heavy atom. The highest BCUT2D eigenvalue weighted by Gasteiger charge is 2.21. The number of aromatic nitrogens is 4. The van der Waals surface area contributed by atoms with Gasteiger partial charge in [-0.2, -0.15) is 5.10 Å². The molecule has 7 nitrogen and oxygen atoms in total. The minimum absolute atomic E-state index is 0.130. The van der Waals surface area contributed by atoms with Crippen LogP contribution in [0.4, 0.5) is 10.2 Å². The lowest BCUT2D eigenvalue weighted by atomic mass is 9.92. The van der Waals surface area contributed by atoms with Crippen LogP contribution in [0.2, 0.25) is 0 Å². The summed E-state index contributed by atoms with van der Waals surface area (Å²) in [5.74, 6) is 0.607. The van der Waals surface area contributed by atoms with Gasteiger partial charge in [0.15, 0.2) is 4.96 Å². The van der Waals surface area contributed by atoms with Crippen LogP contribution < -0.4 is 10.9 Å². The van der Waals surface area contributed by atoms with Crippen LogP contribution in [0.25, 0.3) is 10.6 Å². The maximum Gasteiger partial charge on any atom is 0.258 e. The number of carbonyl (C=O) groups is 1. The minimum atomic E-state index is -0.340. The molecular weight excluding hydrogens is 449 g/mol. The van der Waals surface area contributed by atoms with Crippen molar-refractivity contribution in [2.24, 2.45) is 0 Å². The maximum atomic E-state index is 13.4. The molecule has 32 heavy (non-hydrogen) atoms. The van der Waals surface area contributed by atoms with E-state index in [0.717, 1.165) is 5.69 Å². The highest BCUT2D eigenvalue weighted by Crippen LogP contribution is 2.26. The molecule has 0 aliphatic heterocycles. The molecule has 0 saturated heterocycles. The predicted octanol–water partition coefficient (Wildman–Crippen LogP) is 4.25. The number of amides is 1. The van der Waals surface area contributed by atoms with Crippen molar-refractivity contribution in [2.75, 3.05) is 11.1 Å². The summed E-state index contributed by atoms with van der Waals surface area (Å²) < 4.78 is 16.5. The number of hydrogen-bond acceptors (Lipinski definition) is 6. The Labute approximate surface area is 192 Å². The van der Waals surface area contributed by atoms with Gasteiger partial charge in [0.05, 0.1) is 22.8 Å². The first kappa shape index (κ1) is 22.2. The van der Waals surface area contributed by atoms with E-state index in [1.54, 1.807) is 23.0 Å². The summed E-state index contributed by atoms with van der Waals surface area (Å²) in [6.45, 7) is 6.10. The number of rotatable bonds is 6. The Bertz CT molecular complexity index is 1320. The fourth-order valence-electron chi connectivity index (χ4n) is 3.00. The molecule has 10 heteroatoms. The predicted molar refractivity (Wildman–Crippen MR) is 126 cm³/mol. The van der Waals surface area contributed by atoms with E-state index in [4.69, 9.17) is 0 Å². The van der Waals surface area contributed by atoms with Gasteiger partial charge in [0.2, 0.25) is 5.91 Å². The van der Waals surface area contributed by atoms with Gasteiger partial charge in [-0.3, -0.25) is 14.0 Å². The van der Waals surface area contributed by atoms with Gasteiger partial charge in [-0.15, -0.1) is 23.1 Å². The van der Waals surface area contributed by atoms with Crippen molar-refractivity contribution in [3.05, 3.63) is 75.5 Å². The quantitative estimate of drug-likeness (QED) is 0.455. The SMILES string of the molecule is CC(C)(C)c1cc(NC(=O)CSCc2cc(=O)n3ccsc3n2)n(-c2ccc(F)cc2)n1. The first-order valence-corrected chi connectivity index (χ1v) is 11.9. The number of nitrogens with zero attached hydrogens (tertiary/aromatic N) is 4. The summed E-state index contributed by atoms with van der Waals surface area (Å²) in [6.07, 6.45) is 1.69. The minimum Gasteiger partial charge on any atom is -0.310 e. The fraction of sp³-hybridized carbons (Fsp3) is 0.273. The van der Waals surface area contributed by atoms with Crippen molar-refractivity contribution < 1.29 is 9.18 Å². The van der Waals surface area contributed by atoms with Crippen LogP contribution >= 0.6 is 23.1 Å². The molecule has 4 aromatic rings. The van der Waals surface area contributed by atoms with E-state index < -0.39 is 0 Å². The highest BCUT2D eigenvalue weighted by atomic mass is 32.2. The molecule has 0 radical (unpaired) electrons. The third-order valence-electron chi connectivity index (χ3n) is 4.66. The molecule has 0 spiro atoms. The number of halogens is 1. The summed E-state index contributed by atoms with van der Waals surface area (Å²) >= 11 is 2.76.